The predicted octanol–water partition coefficient (Wildman–Crippen LogP) is 2.33. The van der Waals surface area contributed by atoms with E-state index in [1.54, 1.807) is 0 Å². The summed E-state index contributed by atoms with van der Waals surface area (Å²) in [7, 11) is 0. The number of pyridine rings is 1. The van der Waals surface area contributed by atoms with Crippen LogP contribution in [0.3, 0.4) is 0 Å². The molecule has 17 heavy (non-hydrogen) atoms. The van der Waals surface area contributed by atoms with E-state index in [0.717, 1.165) is 18.9 Å². The van der Waals surface area contributed by atoms with Gasteiger partial charge in [0.2, 0.25) is 0 Å². The van der Waals surface area contributed by atoms with Crippen molar-refractivity contribution in [3.8, 4) is 0 Å². The fraction of sp³-hybridized carbons (Fsp3) is 0.385. The van der Waals surface area contributed by atoms with Crippen LogP contribution in [-0.2, 0) is 6.54 Å². The minimum Gasteiger partial charge on any atom is -0.370 e. The van der Waals surface area contributed by atoms with Crippen LogP contribution >= 0.6 is 0 Å². The smallest absolute Gasteiger partial charge is 0.126 e. The van der Waals surface area contributed by atoms with Gasteiger partial charge in [-0.2, -0.15) is 5.10 Å². The third kappa shape index (κ3) is 3.59. The molecule has 2 aromatic heterocycles. The molecule has 4 heteroatoms. The predicted molar refractivity (Wildman–Crippen MR) is 68.9 cm³/mol. The Morgan fingerprint density at radius 2 is 2.29 bits per heavy atom. The van der Waals surface area contributed by atoms with Crippen LogP contribution in [0.2, 0.25) is 0 Å². The Hall–Kier alpha value is -1.84. The molecule has 0 fully saturated rings. The van der Waals surface area contributed by atoms with Gasteiger partial charge in [0, 0.05) is 31.7 Å². The summed E-state index contributed by atoms with van der Waals surface area (Å²) in [4.78, 5) is 4.28. The Morgan fingerprint density at radius 1 is 1.41 bits per heavy atom. The number of aryl methyl sites for hydroxylation is 1. The summed E-state index contributed by atoms with van der Waals surface area (Å²) in [5.74, 6) is 1.45. The number of hydrogen-bond donors (Lipinski definition) is 1. The van der Waals surface area contributed by atoms with Gasteiger partial charge in [-0.05, 0) is 36.6 Å². The minimum atomic E-state index is 0.511. The fourth-order valence-electron chi connectivity index (χ4n) is 1.70. The average Bonchev–Trinajstić information content (AvgIpc) is 2.79. The zero-order valence-corrected chi connectivity index (χ0v) is 10.3. The number of nitrogens with zero attached hydrogens (tertiary/aromatic N) is 3. The Labute approximate surface area is 102 Å². The van der Waals surface area contributed by atoms with E-state index in [1.807, 2.05) is 35.4 Å². The van der Waals surface area contributed by atoms with Crippen molar-refractivity contribution in [2.24, 2.45) is 5.92 Å². The Balaban J connectivity index is 1.82. The topological polar surface area (TPSA) is 42.7 Å². The number of rotatable bonds is 5. The molecule has 0 aliphatic rings. The summed E-state index contributed by atoms with van der Waals surface area (Å²) >= 11 is 0. The van der Waals surface area contributed by atoms with Gasteiger partial charge in [-0.15, -0.1) is 0 Å². The summed E-state index contributed by atoms with van der Waals surface area (Å²) in [5, 5.41) is 7.54. The van der Waals surface area contributed by atoms with Crippen LogP contribution in [0.4, 0.5) is 5.82 Å². The first-order chi connectivity index (χ1) is 8.24. The molecule has 0 radical (unpaired) electrons. The molecule has 0 spiro atoms. The van der Waals surface area contributed by atoms with Crippen LogP contribution in [0.1, 0.15) is 12.5 Å². The van der Waals surface area contributed by atoms with Crippen molar-refractivity contribution in [3.63, 3.8) is 0 Å². The number of aromatic nitrogens is 3. The molecule has 90 valence electrons. The van der Waals surface area contributed by atoms with Crippen molar-refractivity contribution in [1.29, 1.82) is 0 Å². The first kappa shape index (κ1) is 11.6. The highest BCUT2D eigenvalue weighted by atomic mass is 15.3. The molecule has 0 aromatic carbocycles. The first-order valence-corrected chi connectivity index (χ1v) is 5.88. The first-order valence-electron chi connectivity index (χ1n) is 5.88. The lowest BCUT2D eigenvalue weighted by atomic mass is 10.2. The molecule has 1 N–H and O–H groups in total. The summed E-state index contributed by atoms with van der Waals surface area (Å²) in [5.41, 5.74) is 1.22. The molecular formula is C13H18N4. The molecule has 0 unspecified atom stereocenters. The Kier molecular flexibility index (Phi) is 3.75. The van der Waals surface area contributed by atoms with E-state index in [9.17, 15) is 0 Å². The highest BCUT2D eigenvalue weighted by Crippen LogP contribution is 2.07. The maximum atomic E-state index is 4.28. The molecule has 0 saturated heterocycles. The molecular weight excluding hydrogens is 212 g/mol. The van der Waals surface area contributed by atoms with Crippen LogP contribution in [0, 0.1) is 12.8 Å². The molecule has 2 heterocycles. The van der Waals surface area contributed by atoms with Gasteiger partial charge in [-0.1, -0.05) is 6.92 Å². The van der Waals surface area contributed by atoms with Gasteiger partial charge in [-0.3, -0.25) is 4.68 Å². The second kappa shape index (κ2) is 5.48. The average molecular weight is 230 g/mol. The van der Waals surface area contributed by atoms with Gasteiger partial charge in [-0.25, -0.2) is 4.98 Å². The van der Waals surface area contributed by atoms with Crippen molar-refractivity contribution in [1.82, 2.24) is 14.8 Å². The molecule has 2 aromatic rings. The maximum absolute atomic E-state index is 4.28. The lowest BCUT2D eigenvalue weighted by Gasteiger charge is -2.13. The summed E-state index contributed by atoms with van der Waals surface area (Å²) < 4.78 is 1.95. The maximum Gasteiger partial charge on any atom is 0.126 e. The lowest BCUT2D eigenvalue weighted by molar-refractivity contribution is 0.467. The van der Waals surface area contributed by atoms with E-state index in [1.165, 1.54) is 5.56 Å². The molecule has 0 aliphatic heterocycles. The quantitative estimate of drug-likeness (QED) is 0.857. The van der Waals surface area contributed by atoms with Gasteiger partial charge >= 0.3 is 0 Å². The van der Waals surface area contributed by atoms with Gasteiger partial charge < -0.3 is 5.32 Å². The van der Waals surface area contributed by atoms with E-state index in [2.05, 4.69) is 35.3 Å². The third-order valence-electron chi connectivity index (χ3n) is 2.61. The second-order valence-electron chi connectivity index (χ2n) is 4.43. The van der Waals surface area contributed by atoms with Crippen molar-refractivity contribution in [3.05, 3.63) is 42.4 Å². The minimum absolute atomic E-state index is 0.511. The summed E-state index contributed by atoms with van der Waals surface area (Å²) in [6.07, 6.45) is 5.62. The molecule has 2 rings (SSSR count). The van der Waals surface area contributed by atoms with Crippen LogP contribution in [-0.4, -0.2) is 21.3 Å². The van der Waals surface area contributed by atoms with Crippen LogP contribution in [0.25, 0.3) is 0 Å². The molecule has 4 nitrogen and oxygen atoms in total. The normalized spacial score (nSPS) is 12.4. The second-order valence-corrected chi connectivity index (χ2v) is 4.43. The van der Waals surface area contributed by atoms with Crippen LogP contribution in [0.15, 0.2) is 36.8 Å². The van der Waals surface area contributed by atoms with E-state index in [4.69, 9.17) is 0 Å². The standard InChI is InChI=1S/C13H18N4/c1-11-4-6-14-13(8-11)15-9-12(2)10-17-7-3-5-16-17/h3-8,12H,9-10H2,1-2H3,(H,14,15)/t12-/m1/s1. The highest BCUT2D eigenvalue weighted by Gasteiger charge is 2.03. The molecule has 0 saturated carbocycles. The SMILES string of the molecule is Cc1ccnc(NC[C@@H](C)Cn2cccn2)c1. The Morgan fingerprint density at radius 3 is 3.00 bits per heavy atom. The zero-order valence-electron chi connectivity index (χ0n) is 10.3. The van der Waals surface area contributed by atoms with E-state index in [-0.39, 0.29) is 0 Å². The largest absolute Gasteiger partial charge is 0.370 e. The highest BCUT2D eigenvalue weighted by molar-refractivity contribution is 5.36. The number of hydrogen-bond acceptors (Lipinski definition) is 3. The van der Waals surface area contributed by atoms with Crippen molar-refractivity contribution in [2.75, 3.05) is 11.9 Å². The zero-order chi connectivity index (χ0) is 12.1. The summed E-state index contributed by atoms with van der Waals surface area (Å²) in [6, 6.07) is 6.00. The van der Waals surface area contributed by atoms with Crippen molar-refractivity contribution in [2.45, 2.75) is 20.4 Å². The van der Waals surface area contributed by atoms with Crippen molar-refractivity contribution >= 4 is 5.82 Å². The Bertz CT molecular complexity index is 450. The fourth-order valence-corrected chi connectivity index (χ4v) is 1.70. The van der Waals surface area contributed by atoms with E-state index in [0.29, 0.717) is 5.92 Å². The van der Waals surface area contributed by atoms with E-state index >= 15 is 0 Å². The van der Waals surface area contributed by atoms with Gasteiger partial charge in [0.05, 0.1) is 0 Å². The number of anilines is 1. The molecule has 0 aliphatic carbocycles. The molecule has 0 amide bonds. The van der Waals surface area contributed by atoms with Gasteiger partial charge in [0.15, 0.2) is 0 Å². The monoisotopic (exact) mass is 230 g/mol. The lowest BCUT2D eigenvalue weighted by Crippen LogP contribution is -2.17. The van der Waals surface area contributed by atoms with Crippen molar-refractivity contribution < 1.29 is 0 Å². The van der Waals surface area contributed by atoms with Crippen LogP contribution in [0.5, 0.6) is 0 Å². The third-order valence-corrected chi connectivity index (χ3v) is 2.61. The molecule has 1 atom stereocenters. The number of nitrogens with one attached hydrogen (secondary N) is 1. The van der Waals surface area contributed by atoms with E-state index < -0.39 is 0 Å². The van der Waals surface area contributed by atoms with Gasteiger partial charge in [0.1, 0.15) is 5.82 Å². The van der Waals surface area contributed by atoms with Gasteiger partial charge in [0.25, 0.3) is 0 Å². The summed E-state index contributed by atoms with van der Waals surface area (Å²) in [6.45, 7) is 6.09. The van der Waals surface area contributed by atoms with Crippen LogP contribution < -0.4 is 5.32 Å². The molecule has 0 bridgehead atoms.